The van der Waals surface area contributed by atoms with Gasteiger partial charge in [-0.15, -0.1) is 0 Å². The average Bonchev–Trinajstić information content (AvgIpc) is 3.02. The van der Waals surface area contributed by atoms with Crippen LogP contribution in [0, 0.1) is 0 Å². The van der Waals surface area contributed by atoms with Gasteiger partial charge in [-0.05, 0) is 43.5 Å². The summed E-state index contributed by atoms with van der Waals surface area (Å²) < 4.78 is 5.68. The molecule has 120 valence electrons. The van der Waals surface area contributed by atoms with Gasteiger partial charge in [-0.2, -0.15) is 0 Å². The maximum Gasteiger partial charge on any atom is 0.319 e. The predicted octanol–water partition coefficient (Wildman–Crippen LogP) is 3.44. The Labute approximate surface area is 136 Å². The molecule has 0 bridgehead atoms. The van der Waals surface area contributed by atoms with Crippen molar-refractivity contribution < 1.29 is 9.53 Å². The Hall–Kier alpha value is -2.40. The Balaban J connectivity index is 1.67. The highest BCUT2D eigenvalue weighted by molar-refractivity contribution is 5.94. The minimum absolute atomic E-state index is 0.219. The van der Waals surface area contributed by atoms with Crippen LogP contribution in [0.4, 0.5) is 10.5 Å². The molecule has 2 N–H and O–H groups in total. The number of para-hydroxylation sites is 1. The number of anilines is 1. The fourth-order valence-corrected chi connectivity index (χ4v) is 2.79. The van der Waals surface area contributed by atoms with Gasteiger partial charge in [0, 0.05) is 31.1 Å². The van der Waals surface area contributed by atoms with Gasteiger partial charge in [-0.1, -0.05) is 18.2 Å². The van der Waals surface area contributed by atoms with Crippen LogP contribution in [0.2, 0.25) is 0 Å². The number of pyridine rings is 1. The first-order chi connectivity index (χ1) is 11.2. The van der Waals surface area contributed by atoms with Crippen molar-refractivity contribution >= 4 is 11.7 Å². The smallest absolute Gasteiger partial charge is 0.319 e. The summed E-state index contributed by atoms with van der Waals surface area (Å²) in [6, 6.07) is 11.4. The molecule has 0 aliphatic carbocycles. The second-order valence-corrected chi connectivity index (χ2v) is 5.99. The summed E-state index contributed by atoms with van der Waals surface area (Å²) in [6.45, 7) is 3.31. The second kappa shape index (κ2) is 6.79. The molecule has 2 amide bonds. The SMILES string of the molecule is CC1(CNC(=O)Nc2ccccc2-c2ccncc2)CCCO1. The number of rotatable bonds is 4. The van der Waals surface area contributed by atoms with Crippen molar-refractivity contribution in [2.45, 2.75) is 25.4 Å². The summed E-state index contributed by atoms with van der Waals surface area (Å²) in [5.41, 5.74) is 2.51. The van der Waals surface area contributed by atoms with Gasteiger partial charge in [0.1, 0.15) is 0 Å². The van der Waals surface area contributed by atoms with Gasteiger partial charge in [-0.25, -0.2) is 4.79 Å². The van der Waals surface area contributed by atoms with Crippen molar-refractivity contribution in [3.63, 3.8) is 0 Å². The number of hydrogen-bond donors (Lipinski definition) is 2. The van der Waals surface area contributed by atoms with Gasteiger partial charge in [-0.3, -0.25) is 4.98 Å². The molecule has 1 unspecified atom stereocenters. The Morgan fingerprint density at radius 3 is 2.78 bits per heavy atom. The molecule has 0 spiro atoms. The van der Waals surface area contributed by atoms with Crippen molar-refractivity contribution in [2.75, 3.05) is 18.5 Å². The molecule has 1 aliphatic heterocycles. The standard InChI is InChI=1S/C18H21N3O2/c1-18(9-4-12-23-18)13-20-17(22)21-16-6-3-2-5-15(16)14-7-10-19-11-8-14/h2-3,5-8,10-11H,4,9,12-13H2,1H3,(H2,20,21,22). The first-order valence-electron chi connectivity index (χ1n) is 7.85. The zero-order chi connectivity index (χ0) is 16.1. The highest BCUT2D eigenvalue weighted by Crippen LogP contribution is 2.27. The number of benzene rings is 1. The summed E-state index contributed by atoms with van der Waals surface area (Å²) in [5.74, 6) is 0. The van der Waals surface area contributed by atoms with E-state index < -0.39 is 0 Å². The van der Waals surface area contributed by atoms with Crippen LogP contribution in [-0.2, 0) is 4.74 Å². The monoisotopic (exact) mass is 311 g/mol. The number of nitrogens with zero attached hydrogens (tertiary/aromatic N) is 1. The summed E-state index contributed by atoms with van der Waals surface area (Å²) in [6.07, 6.45) is 5.50. The molecular formula is C18H21N3O2. The van der Waals surface area contributed by atoms with E-state index >= 15 is 0 Å². The van der Waals surface area contributed by atoms with Gasteiger partial charge in [0.05, 0.1) is 11.3 Å². The zero-order valence-electron chi connectivity index (χ0n) is 13.2. The highest BCUT2D eigenvalue weighted by Gasteiger charge is 2.30. The molecule has 2 aromatic rings. The van der Waals surface area contributed by atoms with E-state index in [0.717, 1.165) is 36.3 Å². The van der Waals surface area contributed by atoms with E-state index in [1.807, 2.05) is 43.3 Å². The highest BCUT2D eigenvalue weighted by atomic mass is 16.5. The van der Waals surface area contributed by atoms with E-state index in [1.165, 1.54) is 0 Å². The van der Waals surface area contributed by atoms with Crippen LogP contribution in [0.15, 0.2) is 48.8 Å². The minimum Gasteiger partial charge on any atom is -0.373 e. The van der Waals surface area contributed by atoms with Crippen LogP contribution in [0.25, 0.3) is 11.1 Å². The topological polar surface area (TPSA) is 63.2 Å². The van der Waals surface area contributed by atoms with E-state index in [0.29, 0.717) is 6.54 Å². The molecule has 5 nitrogen and oxygen atoms in total. The summed E-state index contributed by atoms with van der Waals surface area (Å²) >= 11 is 0. The van der Waals surface area contributed by atoms with E-state index in [4.69, 9.17) is 4.74 Å². The Morgan fingerprint density at radius 1 is 1.26 bits per heavy atom. The normalized spacial score (nSPS) is 20.2. The molecule has 1 aromatic heterocycles. The fourth-order valence-electron chi connectivity index (χ4n) is 2.79. The van der Waals surface area contributed by atoms with Gasteiger partial charge >= 0.3 is 6.03 Å². The number of urea groups is 1. The molecule has 1 saturated heterocycles. The van der Waals surface area contributed by atoms with Crippen molar-refractivity contribution in [3.05, 3.63) is 48.8 Å². The van der Waals surface area contributed by atoms with Gasteiger partial charge in [0.25, 0.3) is 0 Å². The molecule has 1 aliphatic rings. The third kappa shape index (κ3) is 3.87. The van der Waals surface area contributed by atoms with E-state index in [9.17, 15) is 4.79 Å². The quantitative estimate of drug-likeness (QED) is 0.909. The molecule has 1 fully saturated rings. The minimum atomic E-state index is -0.248. The van der Waals surface area contributed by atoms with Crippen molar-refractivity contribution in [1.29, 1.82) is 0 Å². The lowest BCUT2D eigenvalue weighted by atomic mass is 10.0. The average molecular weight is 311 g/mol. The number of carbonyl (C=O) groups excluding carboxylic acids is 1. The summed E-state index contributed by atoms with van der Waals surface area (Å²) in [4.78, 5) is 16.2. The number of ether oxygens (including phenoxy) is 1. The number of aromatic nitrogens is 1. The summed E-state index contributed by atoms with van der Waals surface area (Å²) in [5, 5.41) is 5.83. The number of nitrogens with one attached hydrogen (secondary N) is 2. The molecule has 0 saturated carbocycles. The molecule has 3 rings (SSSR count). The largest absolute Gasteiger partial charge is 0.373 e. The third-order valence-electron chi connectivity index (χ3n) is 4.09. The van der Waals surface area contributed by atoms with E-state index in [2.05, 4.69) is 15.6 Å². The first-order valence-corrected chi connectivity index (χ1v) is 7.85. The number of hydrogen-bond acceptors (Lipinski definition) is 3. The molecular weight excluding hydrogens is 290 g/mol. The molecule has 23 heavy (non-hydrogen) atoms. The van der Waals surface area contributed by atoms with Gasteiger partial charge < -0.3 is 15.4 Å². The third-order valence-corrected chi connectivity index (χ3v) is 4.09. The zero-order valence-corrected chi connectivity index (χ0v) is 13.2. The van der Waals surface area contributed by atoms with Crippen molar-refractivity contribution in [2.24, 2.45) is 0 Å². The van der Waals surface area contributed by atoms with E-state index in [-0.39, 0.29) is 11.6 Å². The molecule has 1 aromatic carbocycles. The Morgan fingerprint density at radius 2 is 2.04 bits per heavy atom. The van der Waals surface area contributed by atoms with Crippen LogP contribution in [0.1, 0.15) is 19.8 Å². The van der Waals surface area contributed by atoms with Crippen LogP contribution in [0.3, 0.4) is 0 Å². The Bertz CT molecular complexity index is 667. The second-order valence-electron chi connectivity index (χ2n) is 5.99. The lowest BCUT2D eigenvalue weighted by Gasteiger charge is -2.23. The number of amides is 2. The van der Waals surface area contributed by atoms with Crippen LogP contribution >= 0.6 is 0 Å². The molecule has 5 heteroatoms. The maximum atomic E-state index is 12.2. The fraction of sp³-hybridized carbons (Fsp3) is 0.333. The van der Waals surface area contributed by atoms with Gasteiger partial charge in [0.15, 0.2) is 0 Å². The summed E-state index contributed by atoms with van der Waals surface area (Å²) in [7, 11) is 0. The molecule has 2 heterocycles. The number of carbonyl (C=O) groups is 1. The first kappa shape index (κ1) is 15.5. The van der Waals surface area contributed by atoms with E-state index in [1.54, 1.807) is 12.4 Å². The van der Waals surface area contributed by atoms with Crippen molar-refractivity contribution in [3.8, 4) is 11.1 Å². The predicted molar refractivity (Wildman–Crippen MR) is 90.3 cm³/mol. The molecule has 1 atom stereocenters. The van der Waals surface area contributed by atoms with Gasteiger partial charge in [0.2, 0.25) is 0 Å². The van der Waals surface area contributed by atoms with Crippen LogP contribution in [0.5, 0.6) is 0 Å². The maximum absolute atomic E-state index is 12.2. The lowest BCUT2D eigenvalue weighted by Crippen LogP contribution is -2.41. The molecule has 0 radical (unpaired) electrons. The Kier molecular flexibility index (Phi) is 4.57. The van der Waals surface area contributed by atoms with Crippen LogP contribution in [-0.4, -0.2) is 29.8 Å². The lowest BCUT2D eigenvalue weighted by molar-refractivity contribution is 0.0232. The van der Waals surface area contributed by atoms with Crippen molar-refractivity contribution in [1.82, 2.24) is 10.3 Å². The van der Waals surface area contributed by atoms with Crippen LogP contribution < -0.4 is 10.6 Å².